The average molecular weight is 482 g/mol. The third kappa shape index (κ3) is 4.62. The quantitative estimate of drug-likeness (QED) is 0.372. The highest BCUT2D eigenvalue weighted by molar-refractivity contribution is 7.99. The zero-order valence-electron chi connectivity index (χ0n) is 16.5. The number of hydrogen-bond donors (Lipinski definition) is 1. The van der Waals surface area contributed by atoms with E-state index in [-0.39, 0.29) is 10.6 Å². The molecular weight excluding hydrogens is 466 g/mol. The second-order valence-corrected chi connectivity index (χ2v) is 9.57. The molecule has 3 aromatic carbocycles. The Labute approximate surface area is 194 Å². The van der Waals surface area contributed by atoms with Crippen molar-refractivity contribution in [1.82, 2.24) is 14.8 Å². The number of thioether (sulfide) groups is 1. The van der Waals surface area contributed by atoms with Crippen LogP contribution in [0.4, 0.5) is 5.69 Å². The van der Waals surface area contributed by atoms with Crippen molar-refractivity contribution in [2.75, 3.05) is 10.5 Å². The molecule has 0 spiro atoms. The van der Waals surface area contributed by atoms with E-state index in [9.17, 15) is 8.42 Å². The van der Waals surface area contributed by atoms with Gasteiger partial charge in [0.15, 0.2) is 11.0 Å². The minimum Gasteiger partial charge on any atom is -0.278 e. The normalized spacial score (nSPS) is 11.1. The first-order chi connectivity index (χ1) is 15.5. The highest BCUT2D eigenvalue weighted by Crippen LogP contribution is 2.30. The lowest BCUT2D eigenvalue weighted by atomic mass is 10.2. The van der Waals surface area contributed by atoms with Gasteiger partial charge in [-0.15, -0.1) is 10.2 Å². The summed E-state index contributed by atoms with van der Waals surface area (Å²) < 4.78 is 30.3. The molecule has 0 fully saturated rings. The molecule has 160 valence electrons. The Hall–Kier alpha value is -3.32. The van der Waals surface area contributed by atoms with Gasteiger partial charge in [0.2, 0.25) is 0 Å². The van der Waals surface area contributed by atoms with Crippen LogP contribution in [-0.4, -0.2) is 28.9 Å². The molecule has 0 atom stereocenters. The van der Waals surface area contributed by atoms with E-state index in [4.69, 9.17) is 16.9 Å². The van der Waals surface area contributed by atoms with Crippen molar-refractivity contribution in [3.63, 3.8) is 0 Å². The molecule has 0 aliphatic rings. The van der Waals surface area contributed by atoms with Gasteiger partial charge in [0.1, 0.15) is 0 Å². The summed E-state index contributed by atoms with van der Waals surface area (Å²) >= 11 is 7.36. The molecule has 10 heteroatoms. The van der Waals surface area contributed by atoms with Crippen LogP contribution in [0.5, 0.6) is 0 Å². The van der Waals surface area contributed by atoms with E-state index in [2.05, 4.69) is 21.0 Å². The highest BCUT2D eigenvalue weighted by atomic mass is 35.5. The summed E-state index contributed by atoms with van der Waals surface area (Å²) in [4.78, 5) is 0.0590. The predicted molar refractivity (Wildman–Crippen MR) is 125 cm³/mol. The summed E-state index contributed by atoms with van der Waals surface area (Å²) in [5.74, 6) is 0.674. The van der Waals surface area contributed by atoms with Crippen molar-refractivity contribution in [2.45, 2.75) is 10.1 Å². The Morgan fingerprint density at radius 1 is 1.00 bits per heavy atom. The first-order valence-corrected chi connectivity index (χ1v) is 12.2. The molecule has 0 aliphatic heterocycles. The molecule has 0 bridgehead atoms. The summed E-state index contributed by atoms with van der Waals surface area (Å²) in [5.41, 5.74) is 1.66. The molecule has 0 amide bonds. The maximum absolute atomic E-state index is 13.0. The largest absolute Gasteiger partial charge is 0.278 e. The minimum atomic E-state index is -3.89. The predicted octanol–water partition coefficient (Wildman–Crippen LogP) is 5.00. The second-order valence-electron chi connectivity index (χ2n) is 6.54. The van der Waals surface area contributed by atoms with Gasteiger partial charge in [0, 0.05) is 11.3 Å². The fourth-order valence-electron chi connectivity index (χ4n) is 3.01. The highest BCUT2D eigenvalue weighted by Gasteiger charge is 2.20. The van der Waals surface area contributed by atoms with E-state index in [1.807, 2.05) is 30.3 Å². The van der Waals surface area contributed by atoms with Crippen molar-refractivity contribution >= 4 is 39.1 Å². The summed E-state index contributed by atoms with van der Waals surface area (Å²) in [6.07, 6.45) is 0. The van der Waals surface area contributed by atoms with E-state index >= 15 is 0 Å². The van der Waals surface area contributed by atoms with Gasteiger partial charge in [-0.05, 0) is 36.4 Å². The molecular formula is C22H16ClN5O2S2. The van der Waals surface area contributed by atoms with Crippen LogP contribution in [0.1, 0.15) is 0 Å². The fraction of sp³-hybridized carbons (Fsp3) is 0.0455. The van der Waals surface area contributed by atoms with E-state index < -0.39 is 10.0 Å². The van der Waals surface area contributed by atoms with Crippen LogP contribution in [0.15, 0.2) is 88.9 Å². The molecule has 0 aliphatic carbocycles. The van der Waals surface area contributed by atoms with Crippen LogP contribution in [0.2, 0.25) is 5.02 Å². The maximum Gasteiger partial charge on any atom is 0.261 e. The first-order valence-electron chi connectivity index (χ1n) is 9.38. The molecule has 1 aromatic heterocycles. The number of benzene rings is 3. The van der Waals surface area contributed by atoms with E-state index in [1.165, 1.54) is 23.9 Å². The molecule has 0 saturated heterocycles. The lowest BCUT2D eigenvalue weighted by molar-refractivity contribution is 0.601. The first kappa shape index (κ1) is 21.9. The number of halogens is 1. The number of hydrogen-bond acceptors (Lipinski definition) is 6. The maximum atomic E-state index is 13.0. The van der Waals surface area contributed by atoms with Crippen molar-refractivity contribution in [3.05, 3.63) is 83.9 Å². The topological polar surface area (TPSA) is 101 Å². The zero-order valence-corrected chi connectivity index (χ0v) is 18.9. The Morgan fingerprint density at radius 3 is 2.50 bits per heavy atom. The van der Waals surface area contributed by atoms with Gasteiger partial charge in [0.25, 0.3) is 10.0 Å². The van der Waals surface area contributed by atoms with E-state index in [0.717, 1.165) is 5.69 Å². The van der Waals surface area contributed by atoms with Crippen LogP contribution in [0.25, 0.3) is 17.1 Å². The lowest BCUT2D eigenvalue weighted by Gasteiger charge is -2.12. The van der Waals surface area contributed by atoms with Gasteiger partial charge >= 0.3 is 0 Å². The van der Waals surface area contributed by atoms with E-state index in [0.29, 0.717) is 27.3 Å². The van der Waals surface area contributed by atoms with Crippen LogP contribution < -0.4 is 4.72 Å². The van der Waals surface area contributed by atoms with Crippen molar-refractivity contribution in [2.24, 2.45) is 0 Å². The van der Waals surface area contributed by atoms with Crippen LogP contribution >= 0.6 is 23.4 Å². The van der Waals surface area contributed by atoms with Crippen LogP contribution in [-0.2, 0) is 10.0 Å². The molecule has 7 nitrogen and oxygen atoms in total. The number of sulfonamides is 1. The molecule has 0 unspecified atom stereocenters. The number of para-hydroxylation sites is 2. The van der Waals surface area contributed by atoms with Gasteiger partial charge in [0.05, 0.1) is 27.4 Å². The van der Waals surface area contributed by atoms with Gasteiger partial charge in [-0.3, -0.25) is 9.29 Å². The average Bonchev–Trinajstić information content (AvgIpc) is 3.24. The van der Waals surface area contributed by atoms with E-state index in [1.54, 1.807) is 41.0 Å². The summed E-state index contributed by atoms with van der Waals surface area (Å²) in [6, 6.07) is 24.6. The van der Waals surface area contributed by atoms with Crippen molar-refractivity contribution < 1.29 is 8.42 Å². The van der Waals surface area contributed by atoms with Crippen LogP contribution in [0, 0.1) is 11.3 Å². The van der Waals surface area contributed by atoms with Gasteiger partial charge in [-0.2, -0.15) is 5.26 Å². The number of anilines is 1. The molecule has 32 heavy (non-hydrogen) atoms. The van der Waals surface area contributed by atoms with Crippen LogP contribution in [0.3, 0.4) is 0 Å². The number of nitriles is 1. The summed E-state index contributed by atoms with van der Waals surface area (Å²) in [6.45, 7) is 0. The van der Waals surface area contributed by atoms with Crippen molar-refractivity contribution in [3.8, 4) is 23.1 Å². The monoisotopic (exact) mass is 481 g/mol. The molecule has 4 rings (SSSR count). The number of aromatic nitrogens is 3. The molecule has 1 N–H and O–H groups in total. The molecule has 4 aromatic rings. The molecule has 0 radical (unpaired) electrons. The summed E-state index contributed by atoms with van der Waals surface area (Å²) in [5, 5.41) is 18.3. The number of nitrogens with one attached hydrogen (secondary N) is 1. The molecule has 0 saturated carbocycles. The van der Waals surface area contributed by atoms with Gasteiger partial charge in [-0.1, -0.05) is 65.8 Å². The van der Waals surface area contributed by atoms with Gasteiger partial charge < -0.3 is 0 Å². The second kappa shape index (κ2) is 9.44. The van der Waals surface area contributed by atoms with Gasteiger partial charge in [-0.25, -0.2) is 8.42 Å². The third-order valence-corrected chi connectivity index (χ3v) is 6.92. The smallest absolute Gasteiger partial charge is 0.261 e. The number of rotatable bonds is 7. The Bertz CT molecular complexity index is 1400. The fourth-order valence-corrected chi connectivity index (χ4v) is 4.98. The number of nitrogens with zero attached hydrogens (tertiary/aromatic N) is 4. The van der Waals surface area contributed by atoms with Crippen molar-refractivity contribution in [1.29, 1.82) is 5.26 Å². The Morgan fingerprint density at radius 2 is 1.75 bits per heavy atom. The summed E-state index contributed by atoms with van der Waals surface area (Å²) in [7, 11) is -3.89. The Kier molecular flexibility index (Phi) is 6.46. The lowest BCUT2D eigenvalue weighted by Crippen LogP contribution is -2.13. The Balaban J connectivity index is 1.76. The standard InChI is InChI=1S/C22H16ClN5O2S2/c23-19-11-4-5-12-20(19)27-32(29,30)18-10-6-7-16(15-18)21-25-26-22(31-14-13-24)28(21)17-8-2-1-3-9-17/h1-12,15,27H,14H2. The minimum absolute atomic E-state index is 0.0590. The molecule has 1 heterocycles. The zero-order chi connectivity index (χ0) is 22.6. The third-order valence-electron chi connectivity index (χ3n) is 4.43. The SMILES string of the molecule is N#CCSc1nnc(-c2cccc(S(=O)(=O)Nc3ccccc3Cl)c2)n1-c1ccccc1.